The highest BCUT2D eigenvalue weighted by atomic mass is 16.1. The number of nitrogens with one attached hydrogen (secondary N) is 2. The smallest absolute Gasteiger partial charge is 0.254 e. The van der Waals surface area contributed by atoms with E-state index in [0.717, 1.165) is 48.6 Å². The molecular formula is C22H23N5O2. The van der Waals surface area contributed by atoms with E-state index >= 15 is 0 Å². The van der Waals surface area contributed by atoms with Gasteiger partial charge in [0.1, 0.15) is 5.82 Å². The van der Waals surface area contributed by atoms with Crippen molar-refractivity contribution in [1.29, 1.82) is 0 Å². The Bertz CT molecular complexity index is 1060. The van der Waals surface area contributed by atoms with E-state index in [4.69, 9.17) is 4.98 Å². The lowest BCUT2D eigenvalue weighted by atomic mass is 10.1. The van der Waals surface area contributed by atoms with Crippen LogP contribution in [0.2, 0.25) is 0 Å². The minimum absolute atomic E-state index is 0.0598. The first-order valence-corrected chi connectivity index (χ1v) is 9.70. The number of benzene rings is 1. The summed E-state index contributed by atoms with van der Waals surface area (Å²) in [6.07, 6.45) is 4.81. The molecule has 1 aliphatic heterocycles. The predicted molar refractivity (Wildman–Crippen MR) is 112 cm³/mol. The van der Waals surface area contributed by atoms with Crippen LogP contribution in [0.15, 0.2) is 53.6 Å². The summed E-state index contributed by atoms with van der Waals surface area (Å²) in [5.74, 6) is 0.496. The van der Waals surface area contributed by atoms with Crippen molar-refractivity contribution in [3.8, 4) is 11.4 Å². The van der Waals surface area contributed by atoms with Gasteiger partial charge in [-0.1, -0.05) is 12.1 Å². The Morgan fingerprint density at radius 3 is 2.69 bits per heavy atom. The number of fused-ring (bicyclic) bond motifs is 1. The molecule has 0 spiro atoms. The monoisotopic (exact) mass is 389 g/mol. The number of carbonyl (C=O) groups is 1. The van der Waals surface area contributed by atoms with Gasteiger partial charge in [0.2, 0.25) is 5.91 Å². The summed E-state index contributed by atoms with van der Waals surface area (Å²) in [5, 5.41) is 2.78. The first-order chi connectivity index (χ1) is 14.1. The van der Waals surface area contributed by atoms with Crippen LogP contribution in [-0.4, -0.2) is 38.8 Å². The van der Waals surface area contributed by atoms with E-state index in [1.165, 1.54) is 12.5 Å². The van der Waals surface area contributed by atoms with Crippen LogP contribution in [0.25, 0.3) is 11.4 Å². The predicted octanol–water partition coefficient (Wildman–Crippen LogP) is 2.39. The molecule has 7 nitrogen and oxygen atoms in total. The van der Waals surface area contributed by atoms with E-state index in [2.05, 4.69) is 20.2 Å². The van der Waals surface area contributed by atoms with Gasteiger partial charge in [-0.15, -0.1) is 0 Å². The standard InChI is InChI=1S/C22H23N5O2/c1-15(28)24-18-6-4-16(5-7-18)14-27-11-8-19-20(9-12-27)25-21(26-22(19)29)17-3-2-10-23-13-17/h2-7,10,13H,8-9,11-12,14H2,1H3,(H,24,28)(H,25,26,29). The average Bonchev–Trinajstić information content (AvgIpc) is 2.92. The molecule has 3 aromatic rings. The van der Waals surface area contributed by atoms with E-state index in [-0.39, 0.29) is 11.5 Å². The quantitative estimate of drug-likeness (QED) is 0.715. The molecule has 1 aliphatic rings. The van der Waals surface area contributed by atoms with Gasteiger partial charge >= 0.3 is 0 Å². The summed E-state index contributed by atoms with van der Waals surface area (Å²) in [4.78, 5) is 37.8. The molecule has 0 bridgehead atoms. The van der Waals surface area contributed by atoms with Crippen molar-refractivity contribution in [2.24, 2.45) is 0 Å². The number of nitrogens with zero attached hydrogens (tertiary/aromatic N) is 3. The lowest BCUT2D eigenvalue weighted by Crippen LogP contribution is -2.26. The van der Waals surface area contributed by atoms with Crippen LogP contribution >= 0.6 is 0 Å². The topological polar surface area (TPSA) is 91.0 Å². The van der Waals surface area contributed by atoms with Gasteiger partial charge < -0.3 is 10.3 Å². The van der Waals surface area contributed by atoms with E-state index in [1.54, 1.807) is 12.4 Å². The zero-order valence-electron chi connectivity index (χ0n) is 16.3. The van der Waals surface area contributed by atoms with Crippen molar-refractivity contribution in [1.82, 2.24) is 19.9 Å². The normalized spacial score (nSPS) is 14.1. The molecule has 7 heteroatoms. The van der Waals surface area contributed by atoms with Crippen molar-refractivity contribution in [2.75, 3.05) is 18.4 Å². The lowest BCUT2D eigenvalue weighted by molar-refractivity contribution is -0.114. The second kappa shape index (κ2) is 8.36. The minimum Gasteiger partial charge on any atom is -0.326 e. The molecule has 0 aliphatic carbocycles. The second-order valence-electron chi connectivity index (χ2n) is 7.24. The summed E-state index contributed by atoms with van der Waals surface area (Å²) in [7, 11) is 0. The Balaban J connectivity index is 1.47. The molecule has 3 heterocycles. The molecule has 2 aromatic heterocycles. The summed E-state index contributed by atoms with van der Waals surface area (Å²) in [6.45, 7) is 3.93. The maximum Gasteiger partial charge on any atom is 0.254 e. The number of aromatic nitrogens is 3. The highest BCUT2D eigenvalue weighted by molar-refractivity contribution is 5.88. The molecule has 1 amide bonds. The summed E-state index contributed by atoms with van der Waals surface area (Å²) in [6, 6.07) is 11.6. The molecule has 0 saturated carbocycles. The minimum atomic E-state index is -0.0774. The number of rotatable bonds is 4. The van der Waals surface area contributed by atoms with Gasteiger partial charge in [0.15, 0.2) is 0 Å². The number of aromatic amines is 1. The van der Waals surface area contributed by atoms with E-state index in [0.29, 0.717) is 12.2 Å². The Hall–Kier alpha value is -3.32. The molecule has 0 radical (unpaired) electrons. The van der Waals surface area contributed by atoms with Gasteiger partial charge in [0, 0.05) is 62.2 Å². The van der Waals surface area contributed by atoms with Gasteiger partial charge in [-0.3, -0.25) is 19.5 Å². The zero-order chi connectivity index (χ0) is 20.2. The van der Waals surface area contributed by atoms with Crippen molar-refractivity contribution in [3.63, 3.8) is 0 Å². The van der Waals surface area contributed by atoms with Crippen LogP contribution in [0.5, 0.6) is 0 Å². The van der Waals surface area contributed by atoms with Gasteiger partial charge in [-0.05, 0) is 36.2 Å². The van der Waals surface area contributed by atoms with Gasteiger partial charge in [0.05, 0.1) is 5.69 Å². The second-order valence-corrected chi connectivity index (χ2v) is 7.24. The Morgan fingerprint density at radius 1 is 1.17 bits per heavy atom. The highest BCUT2D eigenvalue weighted by Crippen LogP contribution is 2.18. The Kier molecular flexibility index (Phi) is 5.48. The number of carbonyl (C=O) groups excluding carboxylic acids is 1. The number of hydrogen-bond acceptors (Lipinski definition) is 5. The van der Waals surface area contributed by atoms with Crippen molar-refractivity contribution in [3.05, 3.63) is 76.0 Å². The fourth-order valence-corrected chi connectivity index (χ4v) is 3.61. The van der Waals surface area contributed by atoms with Crippen molar-refractivity contribution < 1.29 is 4.79 Å². The molecule has 0 unspecified atom stereocenters. The van der Waals surface area contributed by atoms with Crippen LogP contribution in [-0.2, 0) is 24.2 Å². The molecule has 0 atom stereocenters. The number of amides is 1. The molecule has 4 rings (SSSR count). The first kappa shape index (κ1) is 19.0. The lowest BCUT2D eigenvalue weighted by Gasteiger charge is -2.19. The number of H-pyrrole nitrogens is 1. The van der Waals surface area contributed by atoms with Crippen LogP contribution in [0, 0.1) is 0 Å². The molecule has 148 valence electrons. The van der Waals surface area contributed by atoms with Gasteiger partial charge in [-0.25, -0.2) is 4.98 Å². The summed E-state index contributed by atoms with van der Waals surface area (Å²) >= 11 is 0. The number of anilines is 1. The highest BCUT2D eigenvalue weighted by Gasteiger charge is 2.19. The summed E-state index contributed by atoms with van der Waals surface area (Å²) in [5.41, 5.74) is 4.37. The third-order valence-electron chi connectivity index (χ3n) is 5.06. The number of hydrogen-bond donors (Lipinski definition) is 2. The van der Waals surface area contributed by atoms with Crippen LogP contribution in [0.4, 0.5) is 5.69 Å². The fourth-order valence-electron chi connectivity index (χ4n) is 3.61. The molecule has 1 aromatic carbocycles. The molecule has 2 N–H and O–H groups in total. The SMILES string of the molecule is CC(=O)Nc1ccc(CN2CCc3nc(-c4cccnc4)[nH]c(=O)c3CC2)cc1. The van der Waals surface area contributed by atoms with E-state index < -0.39 is 0 Å². The fraction of sp³-hybridized carbons (Fsp3) is 0.273. The molecular weight excluding hydrogens is 366 g/mol. The maximum atomic E-state index is 12.6. The first-order valence-electron chi connectivity index (χ1n) is 9.70. The van der Waals surface area contributed by atoms with Gasteiger partial charge in [-0.2, -0.15) is 0 Å². The van der Waals surface area contributed by atoms with Crippen molar-refractivity contribution in [2.45, 2.75) is 26.3 Å². The zero-order valence-corrected chi connectivity index (χ0v) is 16.3. The Morgan fingerprint density at radius 2 is 1.97 bits per heavy atom. The number of pyridine rings is 1. The molecule has 0 saturated heterocycles. The van der Waals surface area contributed by atoms with Crippen molar-refractivity contribution >= 4 is 11.6 Å². The molecule has 0 fully saturated rings. The molecule has 29 heavy (non-hydrogen) atoms. The maximum absolute atomic E-state index is 12.6. The van der Waals surface area contributed by atoms with Crippen LogP contribution in [0.3, 0.4) is 0 Å². The van der Waals surface area contributed by atoms with Crippen LogP contribution < -0.4 is 10.9 Å². The Labute approximate surface area is 168 Å². The third kappa shape index (κ3) is 4.57. The summed E-state index contributed by atoms with van der Waals surface area (Å²) < 4.78 is 0. The van der Waals surface area contributed by atoms with Gasteiger partial charge in [0.25, 0.3) is 5.56 Å². The average molecular weight is 389 g/mol. The van der Waals surface area contributed by atoms with E-state index in [1.807, 2.05) is 36.4 Å². The van der Waals surface area contributed by atoms with Crippen LogP contribution in [0.1, 0.15) is 23.7 Å². The van der Waals surface area contributed by atoms with E-state index in [9.17, 15) is 9.59 Å². The largest absolute Gasteiger partial charge is 0.326 e. The third-order valence-corrected chi connectivity index (χ3v) is 5.06.